The summed E-state index contributed by atoms with van der Waals surface area (Å²) >= 11 is 0. The molecule has 9 heteroatoms. The van der Waals surface area contributed by atoms with Crippen molar-refractivity contribution in [1.82, 2.24) is 10.3 Å². The van der Waals surface area contributed by atoms with Gasteiger partial charge < -0.3 is 14.5 Å². The zero-order valence-corrected chi connectivity index (χ0v) is 15.7. The number of carbonyl (C=O) groups is 1. The smallest absolute Gasteiger partial charge is 0.422 e. The second kappa shape index (κ2) is 9.43. The molecule has 0 spiro atoms. The van der Waals surface area contributed by atoms with Crippen molar-refractivity contribution in [2.24, 2.45) is 0 Å². The van der Waals surface area contributed by atoms with Gasteiger partial charge in [-0.05, 0) is 42.0 Å². The summed E-state index contributed by atoms with van der Waals surface area (Å²) in [5.41, 5.74) is 1.40. The highest BCUT2D eigenvalue weighted by molar-refractivity contribution is 5.76. The molecule has 0 aliphatic heterocycles. The first-order valence-corrected chi connectivity index (χ1v) is 9.04. The number of amides is 1. The lowest BCUT2D eigenvalue weighted by molar-refractivity contribution is -0.153. The molecule has 0 fully saturated rings. The highest BCUT2D eigenvalue weighted by Gasteiger charge is 2.28. The number of ether oxygens (including phenoxy) is 1. The van der Waals surface area contributed by atoms with Gasteiger partial charge in [-0.25, -0.2) is 9.37 Å². The molecule has 1 amide bonds. The molecule has 3 rings (SSSR count). The number of halogens is 4. The van der Waals surface area contributed by atoms with Gasteiger partial charge in [0.15, 0.2) is 18.3 Å². The van der Waals surface area contributed by atoms with Crippen LogP contribution in [0.2, 0.25) is 0 Å². The summed E-state index contributed by atoms with van der Waals surface area (Å²) in [6, 6.07) is 11.8. The van der Waals surface area contributed by atoms with E-state index in [0.717, 1.165) is 5.56 Å². The third kappa shape index (κ3) is 6.61. The molecule has 30 heavy (non-hydrogen) atoms. The number of oxazole rings is 1. The Bertz CT molecular complexity index is 967. The molecule has 5 nitrogen and oxygen atoms in total. The quantitative estimate of drug-likeness (QED) is 0.536. The Kier molecular flexibility index (Phi) is 6.71. The van der Waals surface area contributed by atoms with Crippen LogP contribution in [0.5, 0.6) is 5.75 Å². The zero-order chi connectivity index (χ0) is 21.6. The van der Waals surface area contributed by atoms with Gasteiger partial charge in [0.1, 0.15) is 11.6 Å². The van der Waals surface area contributed by atoms with Crippen molar-refractivity contribution in [3.63, 3.8) is 0 Å². The number of carbonyl (C=O) groups excluding carboxylic acids is 1. The Morgan fingerprint density at radius 3 is 2.43 bits per heavy atom. The van der Waals surface area contributed by atoms with Crippen molar-refractivity contribution in [2.75, 3.05) is 6.61 Å². The van der Waals surface area contributed by atoms with E-state index in [-0.39, 0.29) is 36.9 Å². The van der Waals surface area contributed by atoms with E-state index in [1.54, 1.807) is 24.3 Å². The number of aromatic nitrogens is 1. The second-order valence-corrected chi connectivity index (χ2v) is 6.45. The zero-order valence-electron chi connectivity index (χ0n) is 15.7. The average molecular weight is 422 g/mol. The van der Waals surface area contributed by atoms with Crippen LogP contribution in [-0.4, -0.2) is 23.7 Å². The fourth-order valence-corrected chi connectivity index (χ4v) is 2.55. The van der Waals surface area contributed by atoms with Crippen LogP contribution < -0.4 is 10.1 Å². The van der Waals surface area contributed by atoms with Crippen LogP contribution in [0, 0.1) is 5.82 Å². The third-order valence-electron chi connectivity index (χ3n) is 4.06. The monoisotopic (exact) mass is 422 g/mol. The first-order chi connectivity index (χ1) is 14.3. The van der Waals surface area contributed by atoms with E-state index in [1.165, 1.54) is 30.5 Å². The summed E-state index contributed by atoms with van der Waals surface area (Å²) in [6.45, 7) is -1.13. The summed E-state index contributed by atoms with van der Waals surface area (Å²) < 4.78 is 59.6. The Hall–Kier alpha value is -3.36. The second-order valence-electron chi connectivity index (χ2n) is 6.45. The molecule has 0 saturated carbocycles. The Morgan fingerprint density at radius 1 is 1.07 bits per heavy atom. The number of benzene rings is 2. The van der Waals surface area contributed by atoms with E-state index in [4.69, 9.17) is 4.42 Å². The minimum absolute atomic E-state index is 0.100. The highest BCUT2D eigenvalue weighted by Crippen LogP contribution is 2.21. The van der Waals surface area contributed by atoms with E-state index in [1.807, 2.05) is 0 Å². The van der Waals surface area contributed by atoms with Crippen molar-refractivity contribution in [3.8, 4) is 17.1 Å². The molecule has 158 valence electrons. The van der Waals surface area contributed by atoms with Gasteiger partial charge in [-0.3, -0.25) is 4.79 Å². The van der Waals surface area contributed by atoms with Gasteiger partial charge in [0.2, 0.25) is 5.91 Å². The Morgan fingerprint density at radius 2 is 1.77 bits per heavy atom. The predicted octanol–water partition coefficient (Wildman–Crippen LogP) is 4.67. The van der Waals surface area contributed by atoms with Crippen molar-refractivity contribution < 1.29 is 31.5 Å². The summed E-state index contributed by atoms with van der Waals surface area (Å²) in [5.74, 6) is 0.393. The van der Waals surface area contributed by atoms with Gasteiger partial charge in [0.25, 0.3) is 0 Å². The maximum atomic E-state index is 13.0. The highest BCUT2D eigenvalue weighted by atomic mass is 19.4. The lowest BCUT2D eigenvalue weighted by Crippen LogP contribution is -2.23. The number of hydrogen-bond acceptors (Lipinski definition) is 4. The van der Waals surface area contributed by atoms with E-state index in [9.17, 15) is 22.4 Å². The summed E-state index contributed by atoms with van der Waals surface area (Å²) in [5, 5.41) is 2.72. The van der Waals surface area contributed by atoms with E-state index in [2.05, 4.69) is 15.0 Å². The summed E-state index contributed by atoms with van der Waals surface area (Å²) in [7, 11) is 0. The topological polar surface area (TPSA) is 64.4 Å². The van der Waals surface area contributed by atoms with Gasteiger partial charge in [-0.1, -0.05) is 12.1 Å². The predicted molar refractivity (Wildman–Crippen MR) is 100 cm³/mol. The van der Waals surface area contributed by atoms with Crippen LogP contribution in [0.4, 0.5) is 17.6 Å². The molecule has 1 aromatic heterocycles. The fraction of sp³-hybridized carbons (Fsp3) is 0.238. The minimum Gasteiger partial charge on any atom is -0.484 e. The molecule has 0 aliphatic carbocycles. The van der Waals surface area contributed by atoms with Gasteiger partial charge >= 0.3 is 6.18 Å². The van der Waals surface area contributed by atoms with Crippen molar-refractivity contribution >= 4 is 5.91 Å². The maximum Gasteiger partial charge on any atom is 0.422 e. The molecule has 1 N–H and O–H groups in total. The number of rotatable bonds is 8. The van der Waals surface area contributed by atoms with Crippen LogP contribution in [0.25, 0.3) is 11.3 Å². The SMILES string of the molecule is O=C(CCc1ncc(-c2ccc(F)cc2)o1)NCc1ccc(OCC(F)(F)F)cc1. The van der Waals surface area contributed by atoms with Crippen molar-refractivity contribution in [1.29, 1.82) is 0 Å². The van der Waals surface area contributed by atoms with Crippen molar-refractivity contribution in [2.45, 2.75) is 25.6 Å². The molecule has 0 radical (unpaired) electrons. The molecular weight excluding hydrogens is 404 g/mol. The third-order valence-corrected chi connectivity index (χ3v) is 4.06. The lowest BCUT2D eigenvalue weighted by atomic mass is 10.2. The molecule has 0 bridgehead atoms. The standard InChI is InChI=1S/C21H18F4N2O3/c22-16-5-3-15(4-6-16)18-12-27-20(30-18)10-9-19(28)26-11-14-1-7-17(8-2-14)29-13-21(23,24)25/h1-8,12H,9-11,13H2,(H,26,28). The van der Waals surface area contributed by atoms with Crippen LogP contribution in [-0.2, 0) is 17.8 Å². The van der Waals surface area contributed by atoms with Gasteiger partial charge in [0, 0.05) is 24.9 Å². The fourth-order valence-electron chi connectivity index (χ4n) is 2.55. The number of nitrogens with zero attached hydrogens (tertiary/aromatic N) is 1. The number of nitrogens with one attached hydrogen (secondary N) is 1. The Balaban J connectivity index is 1.42. The summed E-state index contributed by atoms with van der Waals surface area (Å²) in [4.78, 5) is 16.1. The van der Waals surface area contributed by atoms with Gasteiger partial charge in [0.05, 0.1) is 6.20 Å². The first kappa shape index (κ1) is 21.4. The van der Waals surface area contributed by atoms with Crippen LogP contribution >= 0.6 is 0 Å². The van der Waals surface area contributed by atoms with E-state index < -0.39 is 12.8 Å². The van der Waals surface area contributed by atoms with Crippen LogP contribution in [0.3, 0.4) is 0 Å². The summed E-state index contributed by atoms with van der Waals surface area (Å²) in [6.07, 6.45) is -2.44. The molecule has 0 atom stereocenters. The molecule has 1 heterocycles. The Labute approximate surface area is 169 Å². The van der Waals surface area contributed by atoms with Gasteiger partial charge in [-0.15, -0.1) is 0 Å². The molecule has 0 saturated heterocycles. The lowest BCUT2D eigenvalue weighted by Gasteiger charge is -2.10. The van der Waals surface area contributed by atoms with E-state index in [0.29, 0.717) is 17.2 Å². The largest absolute Gasteiger partial charge is 0.484 e. The molecule has 0 unspecified atom stereocenters. The average Bonchev–Trinajstić information content (AvgIpc) is 3.19. The number of hydrogen-bond donors (Lipinski definition) is 1. The number of alkyl halides is 3. The normalized spacial score (nSPS) is 11.3. The van der Waals surface area contributed by atoms with Gasteiger partial charge in [-0.2, -0.15) is 13.2 Å². The van der Waals surface area contributed by atoms with Crippen LogP contribution in [0.15, 0.2) is 59.1 Å². The minimum atomic E-state index is -4.39. The molecule has 0 aliphatic rings. The maximum absolute atomic E-state index is 13.0. The van der Waals surface area contributed by atoms with Crippen molar-refractivity contribution in [3.05, 3.63) is 72.0 Å². The molecular formula is C21H18F4N2O3. The molecule has 3 aromatic rings. The number of aryl methyl sites for hydroxylation is 1. The first-order valence-electron chi connectivity index (χ1n) is 9.04. The van der Waals surface area contributed by atoms with E-state index >= 15 is 0 Å². The molecule has 2 aromatic carbocycles. The van der Waals surface area contributed by atoms with Crippen LogP contribution in [0.1, 0.15) is 17.9 Å².